The van der Waals surface area contributed by atoms with E-state index in [1.165, 1.54) is 18.5 Å². The Morgan fingerprint density at radius 2 is 1.85 bits per heavy atom. The highest BCUT2D eigenvalue weighted by Crippen LogP contribution is 2.36. The summed E-state index contributed by atoms with van der Waals surface area (Å²) in [6, 6.07) is 3.19. The number of halogens is 6. The van der Waals surface area contributed by atoms with Crippen molar-refractivity contribution in [2.45, 2.75) is 24.6 Å². The van der Waals surface area contributed by atoms with Gasteiger partial charge in [-0.25, -0.2) is 33.1 Å². The van der Waals surface area contributed by atoms with E-state index in [0.29, 0.717) is 6.20 Å². The fraction of sp³-hybridized carbons (Fsp3) is 0.286. The second kappa shape index (κ2) is 8.88. The van der Waals surface area contributed by atoms with Gasteiger partial charge in [-0.05, 0) is 24.3 Å². The summed E-state index contributed by atoms with van der Waals surface area (Å²) in [5, 5.41) is 2.50. The van der Waals surface area contributed by atoms with Gasteiger partial charge < -0.3 is 10.2 Å². The number of carbonyl (C=O) groups excluding carboxylic acids is 1. The molecule has 0 radical (unpaired) electrons. The van der Waals surface area contributed by atoms with Gasteiger partial charge >= 0.3 is 6.18 Å². The molecule has 1 aromatic carbocycles. The van der Waals surface area contributed by atoms with Crippen molar-refractivity contribution in [1.82, 2.24) is 24.8 Å². The van der Waals surface area contributed by atoms with Crippen molar-refractivity contribution < 1.29 is 31.1 Å². The Morgan fingerprint density at radius 3 is 2.50 bits per heavy atom. The minimum atomic E-state index is -4.70. The van der Waals surface area contributed by atoms with Crippen LogP contribution in [0.5, 0.6) is 0 Å². The molecule has 178 valence electrons. The topological polar surface area (TPSA) is 83.9 Å². The Hall–Kier alpha value is -3.77. The lowest BCUT2D eigenvalue weighted by molar-refractivity contribution is -0.141. The number of hydrogen-bond acceptors (Lipinski definition) is 6. The van der Waals surface area contributed by atoms with Gasteiger partial charge in [-0.1, -0.05) is 0 Å². The van der Waals surface area contributed by atoms with Gasteiger partial charge in [0.2, 0.25) is 0 Å². The molecule has 1 saturated heterocycles. The van der Waals surface area contributed by atoms with Gasteiger partial charge in [0.15, 0.2) is 11.5 Å². The first-order valence-corrected chi connectivity index (χ1v) is 9.95. The number of nitrogens with zero attached hydrogens (tertiary/aromatic N) is 5. The van der Waals surface area contributed by atoms with Crippen LogP contribution in [-0.2, 0) is 6.18 Å². The Labute approximate surface area is 188 Å². The predicted octanol–water partition coefficient (Wildman–Crippen LogP) is 4.05. The number of hydrogen-bond donors (Lipinski definition) is 1. The molecule has 7 nitrogen and oxygen atoms in total. The molecule has 1 unspecified atom stereocenters. The van der Waals surface area contributed by atoms with Gasteiger partial charge in [0.05, 0.1) is 18.0 Å². The Kier molecular flexibility index (Phi) is 6.11. The number of likely N-dealkylation sites (tertiary alicyclic amines) is 1. The van der Waals surface area contributed by atoms with Crippen LogP contribution in [0.1, 0.15) is 22.5 Å². The van der Waals surface area contributed by atoms with Crippen LogP contribution < -0.4 is 5.32 Å². The quantitative estimate of drug-likeness (QED) is 0.553. The number of aromatic nitrogens is 4. The van der Waals surface area contributed by atoms with Crippen molar-refractivity contribution in [2.75, 3.05) is 18.4 Å². The van der Waals surface area contributed by atoms with Crippen molar-refractivity contribution in [3.05, 3.63) is 66.1 Å². The molecule has 1 atom stereocenters. The lowest BCUT2D eigenvalue weighted by atomic mass is 10.0. The van der Waals surface area contributed by atoms with E-state index in [-0.39, 0.29) is 29.3 Å². The van der Waals surface area contributed by atoms with Gasteiger partial charge in [-0.2, -0.15) is 13.2 Å². The number of rotatable bonds is 5. The van der Waals surface area contributed by atoms with Crippen molar-refractivity contribution in [1.29, 1.82) is 0 Å². The van der Waals surface area contributed by atoms with Crippen molar-refractivity contribution in [3.63, 3.8) is 0 Å². The Bertz CT molecular complexity index is 1170. The standard InChI is InChI=1S/C21H16F6N6O/c22-12-2-3-13(18-28-5-1-6-29-18)14(8-12)19(34)33-7-4-20(23,24)16(33)10-32-17-11-30-15(9-31-17)21(25,26)27/h1-3,5-6,8-9,11,16H,4,7,10H2,(H,31,32). The third kappa shape index (κ3) is 4.77. The Balaban J connectivity index is 1.58. The molecule has 3 heterocycles. The first-order chi connectivity index (χ1) is 16.1. The number of amides is 1. The molecule has 0 saturated carbocycles. The van der Waals surface area contributed by atoms with Crippen LogP contribution in [0.15, 0.2) is 49.1 Å². The van der Waals surface area contributed by atoms with Crippen LogP contribution in [0, 0.1) is 5.82 Å². The summed E-state index contributed by atoms with van der Waals surface area (Å²) in [4.78, 5) is 29.0. The zero-order chi connectivity index (χ0) is 24.5. The molecule has 34 heavy (non-hydrogen) atoms. The smallest absolute Gasteiger partial charge is 0.366 e. The average molecular weight is 482 g/mol. The fourth-order valence-electron chi connectivity index (χ4n) is 3.57. The molecule has 1 aliphatic heterocycles. The molecule has 1 aliphatic rings. The summed E-state index contributed by atoms with van der Waals surface area (Å²) < 4.78 is 81.2. The van der Waals surface area contributed by atoms with E-state index < -0.39 is 48.5 Å². The summed E-state index contributed by atoms with van der Waals surface area (Å²) in [5.41, 5.74) is -1.26. The number of nitrogens with one attached hydrogen (secondary N) is 1. The summed E-state index contributed by atoms with van der Waals surface area (Å²) in [6.07, 6.45) is -1.27. The third-order valence-corrected chi connectivity index (χ3v) is 5.25. The molecule has 3 aromatic rings. The van der Waals surface area contributed by atoms with Crippen LogP contribution in [-0.4, -0.2) is 55.8 Å². The number of anilines is 1. The zero-order valence-electron chi connectivity index (χ0n) is 17.2. The second-order valence-corrected chi connectivity index (χ2v) is 7.45. The van der Waals surface area contributed by atoms with Crippen molar-refractivity contribution in [2.24, 2.45) is 0 Å². The maximum Gasteiger partial charge on any atom is 0.434 e. The van der Waals surface area contributed by atoms with Crippen LogP contribution in [0.3, 0.4) is 0 Å². The fourth-order valence-corrected chi connectivity index (χ4v) is 3.57. The monoisotopic (exact) mass is 482 g/mol. The highest BCUT2D eigenvalue weighted by Gasteiger charge is 2.51. The van der Waals surface area contributed by atoms with Crippen LogP contribution in [0.4, 0.5) is 32.2 Å². The predicted molar refractivity (Wildman–Crippen MR) is 107 cm³/mol. The molecular formula is C21H16F6N6O. The second-order valence-electron chi connectivity index (χ2n) is 7.45. The summed E-state index contributed by atoms with van der Waals surface area (Å²) >= 11 is 0. The molecule has 1 fully saturated rings. The van der Waals surface area contributed by atoms with E-state index in [2.05, 4.69) is 25.3 Å². The molecule has 1 amide bonds. The normalized spacial score (nSPS) is 17.6. The van der Waals surface area contributed by atoms with Gasteiger partial charge in [0.25, 0.3) is 11.8 Å². The van der Waals surface area contributed by atoms with Crippen molar-refractivity contribution >= 4 is 11.7 Å². The van der Waals surface area contributed by atoms with Gasteiger partial charge in [0, 0.05) is 37.5 Å². The maximum absolute atomic E-state index is 14.6. The first kappa shape index (κ1) is 23.4. The van der Waals surface area contributed by atoms with Crippen LogP contribution in [0.2, 0.25) is 0 Å². The lowest BCUT2D eigenvalue weighted by Crippen LogP contribution is -2.47. The van der Waals surface area contributed by atoms with Gasteiger partial charge in [0.1, 0.15) is 17.7 Å². The molecule has 1 N–H and O–H groups in total. The zero-order valence-corrected chi connectivity index (χ0v) is 17.2. The van der Waals surface area contributed by atoms with Crippen LogP contribution in [0.25, 0.3) is 11.4 Å². The highest BCUT2D eigenvalue weighted by atomic mass is 19.4. The Morgan fingerprint density at radius 1 is 1.12 bits per heavy atom. The summed E-state index contributed by atoms with van der Waals surface area (Å²) in [6.45, 7) is -0.840. The van der Waals surface area contributed by atoms with E-state index in [1.807, 2.05) is 0 Å². The molecular weight excluding hydrogens is 466 g/mol. The third-order valence-electron chi connectivity index (χ3n) is 5.25. The lowest BCUT2D eigenvalue weighted by Gasteiger charge is -2.28. The highest BCUT2D eigenvalue weighted by molar-refractivity contribution is 6.00. The molecule has 2 aromatic heterocycles. The van der Waals surface area contributed by atoms with Gasteiger partial charge in [-0.15, -0.1) is 0 Å². The SMILES string of the molecule is O=C(c1cc(F)ccc1-c1ncccn1)N1CCC(F)(F)C1CNc1cnc(C(F)(F)F)cn1. The molecule has 4 rings (SSSR count). The van der Waals surface area contributed by atoms with Gasteiger partial charge in [-0.3, -0.25) is 4.79 Å². The van der Waals surface area contributed by atoms with E-state index >= 15 is 0 Å². The summed E-state index contributed by atoms with van der Waals surface area (Å²) in [7, 11) is 0. The first-order valence-electron chi connectivity index (χ1n) is 9.95. The molecule has 13 heteroatoms. The van der Waals surface area contributed by atoms with Crippen molar-refractivity contribution in [3.8, 4) is 11.4 Å². The average Bonchev–Trinajstić information content (AvgIpc) is 3.11. The van der Waals surface area contributed by atoms with E-state index in [9.17, 15) is 31.1 Å². The summed E-state index contributed by atoms with van der Waals surface area (Å²) in [5.74, 6) is -4.97. The molecule has 0 bridgehead atoms. The van der Waals surface area contributed by atoms with E-state index in [0.717, 1.165) is 23.2 Å². The van der Waals surface area contributed by atoms with E-state index in [1.54, 1.807) is 6.07 Å². The van der Waals surface area contributed by atoms with Crippen LogP contribution >= 0.6 is 0 Å². The minimum Gasteiger partial charge on any atom is -0.366 e. The molecule has 0 spiro atoms. The largest absolute Gasteiger partial charge is 0.434 e. The maximum atomic E-state index is 14.6. The number of carbonyl (C=O) groups is 1. The molecule has 0 aliphatic carbocycles. The minimum absolute atomic E-state index is 0.117. The number of benzene rings is 1. The van der Waals surface area contributed by atoms with E-state index in [4.69, 9.17) is 0 Å². The number of alkyl halides is 5.